The van der Waals surface area contributed by atoms with Gasteiger partial charge in [-0.05, 0) is 35.0 Å². The van der Waals surface area contributed by atoms with E-state index in [1.165, 1.54) is 12.1 Å². The molecule has 0 amide bonds. The molecule has 0 heterocycles. The number of hydrogen-bond acceptors (Lipinski definition) is 3. The molecule has 80 valence electrons. The number of benzene rings is 1. The quantitative estimate of drug-likeness (QED) is 0.368. The second kappa shape index (κ2) is 4.85. The molecule has 15 heavy (non-hydrogen) atoms. The summed E-state index contributed by atoms with van der Waals surface area (Å²) in [6.45, 7) is 1.63. The first-order chi connectivity index (χ1) is 6.95. The van der Waals surface area contributed by atoms with E-state index in [0.29, 0.717) is 4.47 Å². The number of carbonyl (C=O) groups excluding carboxylic acids is 1. The molecule has 0 spiro atoms. The van der Waals surface area contributed by atoms with Crippen molar-refractivity contribution in [2.24, 2.45) is 0 Å². The molecule has 0 bridgehead atoms. The lowest BCUT2D eigenvalue weighted by Crippen LogP contribution is -2.12. The molecule has 1 aromatic carbocycles. The van der Waals surface area contributed by atoms with Gasteiger partial charge in [-0.1, -0.05) is 22.0 Å². The zero-order chi connectivity index (χ0) is 11.6. The lowest BCUT2D eigenvalue weighted by atomic mass is 10.1. The first-order valence-corrected chi connectivity index (χ1v) is 5.77. The summed E-state index contributed by atoms with van der Waals surface area (Å²) in [6, 6.07) is 4.58. The second-order valence-corrected chi connectivity index (χ2v) is 5.10. The lowest BCUT2D eigenvalue weighted by molar-refractivity contribution is -0.385. The molecular weight excluding hydrogens is 330 g/mol. The summed E-state index contributed by atoms with van der Waals surface area (Å²) < 4.78 is 0.312. The second-order valence-electron chi connectivity index (χ2n) is 2.87. The fourth-order valence-electron chi connectivity index (χ4n) is 1.11. The van der Waals surface area contributed by atoms with Crippen molar-refractivity contribution in [3.05, 3.63) is 38.3 Å². The van der Waals surface area contributed by atoms with Gasteiger partial charge in [-0.25, -0.2) is 0 Å². The van der Waals surface area contributed by atoms with Crippen molar-refractivity contribution in [3.63, 3.8) is 0 Å². The van der Waals surface area contributed by atoms with Gasteiger partial charge in [0.15, 0.2) is 5.78 Å². The SMILES string of the molecule is CC(Br)C(=O)c1cccc(Br)c1[N+](=O)[O-]. The Labute approximate surface area is 103 Å². The molecule has 1 aromatic rings. The summed E-state index contributed by atoms with van der Waals surface area (Å²) in [6.07, 6.45) is 0. The number of halogens is 2. The van der Waals surface area contributed by atoms with Crippen molar-refractivity contribution < 1.29 is 9.72 Å². The minimum atomic E-state index is -0.563. The third-order valence-electron chi connectivity index (χ3n) is 1.80. The molecule has 1 rings (SSSR count). The van der Waals surface area contributed by atoms with Crippen LogP contribution in [-0.4, -0.2) is 15.5 Å². The molecule has 4 nitrogen and oxygen atoms in total. The highest BCUT2D eigenvalue weighted by atomic mass is 79.9. The van der Waals surface area contributed by atoms with E-state index in [1.54, 1.807) is 13.0 Å². The van der Waals surface area contributed by atoms with E-state index < -0.39 is 9.75 Å². The Hall–Kier alpha value is -0.750. The van der Waals surface area contributed by atoms with E-state index in [4.69, 9.17) is 0 Å². The van der Waals surface area contributed by atoms with E-state index in [9.17, 15) is 14.9 Å². The molecule has 0 N–H and O–H groups in total. The Balaban J connectivity index is 3.35. The number of Topliss-reactive ketones (excluding diaryl/α,β-unsaturated/α-hetero) is 1. The highest BCUT2D eigenvalue weighted by Crippen LogP contribution is 2.30. The van der Waals surface area contributed by atoms with E-state index in [-0.39, 0.29) is 17.0 Å². The van der Waals surface area contributed by atoms with Crippen molar-refractivity contribution in [2.75, 3.05) is 0 Å². The minimum absolute atomic E-state index is 0.110. The fraction of sp³-hybridized carbons (Fsp3) is 0.222. The normalized spacial score (nSPS) is 12.2. The van der Waals surface area contributed by atoms with Crippen LogP contribution in [0.5, 0.6) is 0 Å². The predicted molar refractivity (Wildman–Crippen MR) is 63.5 cm³/mol. The van der Waals surface area contributed by atoms with Gasteiger partial charge in [-0.2, -0.15) is 0 Å². The Morgan fingerprint density at radius 2 is 2.13 bits per heavy atom. The van der Waals surface area contributed by atoms with Crippen LogP contribution in [0.25, 0.3) is 0 Å². The number of ketones is 1. The van der Waals surface area contributed by atoms with Gasteiger partial charge in [0, 0.05) is 0 Å². The molecule has 1 atom stereocenters. The van der Waals surface area contributed by atoms with Crippen LogP contribution >= 0.6 is 31.9 Å². The summed E-state index contributed by atoms with van der Waals surface area (Å²) in [4.78, 5) is 21.4. The van der Waals surface area contributed by atoms with Gasteiger partial charge < -0.3 is 0 Å². The van der Waals surface area contributed by atoms with Gasteiger partial charge in [-0.15, -0.1) is 0 Å². The number of hydrogen-bond donors (Lipinski definition) is 0. The van der Waals surface area contributed by atoms with E-state index in [0.717, 1.165) is 0 Å². The van der Waals surface area contributed by atoms with Gasteiger partial charge in [0.2, 0.25) is 0 Å². The Morgan fingerprint density at radius 1 is 1.53 bits per heavy atom. The Kier molecular flexibility index (Phi) is 3.98. The fourth-order valence-corrected chi connectivity index (χ4v) is 1.87. The van der Waals surface area contributed by atoms with E-state index in [2.05, 4.69) is 31.9 Å². The van der Waals surface area contributed by atoms with Crippen LogP contribution in [0.15, 0.2) is 22.7 Å². The number of para-hydroxylation sites is 1. The van der Waals surface area contributed by atoms with Crippen LogP contribution < -0.4 is 0 Å². The Morgan fingerprint density at radius 3 is 2.60 bits per heavy atom. The number of nitro benzene ring substituents is 1. The first kappa shape index (κ1) is 12.3. The number of alkyl halides is 1. The molecule has 0 saturated heterocycles. The van der Waals surface area contributed by atoms with Crippen LogP contribution in [0.2, 0.25) is 0 Å². The lowest BCUT2D eigenvalue weighted by Gasteiger charge is -2.04. The molecule has 0 saturated carbocycles. The highest BCUT2D eigenvalue weighted by Gasteiger charge is 2.25. The van der Waals surface area contributed by atoms with E-state index in [1.807, 2.05) is 0 Å². The molecule has 0 fully saturated rings. The van der Waals surface area contributed by atoms with Crippen LogP contribution in [0, 0.1) is 10.1 Å². The van der Waals surface area contributed by atoms with Crippen LogP contribution in [0.1, 0.15) is 17.3 Å². The van der Waals surface area contributed by atoms with Gasteiger partial charge >= 0.3 is 0 Å². The summed E-state index contributed by atoms with van der Waals surface area (Å²) in [7, 11) is 0. The average molecular weight is 337 g/mol. The molecular formula is C9H7Br2NO3. The summed E-state index contributed by atoms with van der Waals surface area (Å²) in [5.41, 5.74) is -0.0763. The molecule has 0 aliphatic rings. The van der Waals surface area contributed by atoms with Crippen molar-refractivity contribution in [1.29, 1.82) is 0 Å². The Bertz CT molecular complexity index is 418. The first-order valence-electron chi connectivity index (χ1n) is 4.06. The van der Waals surface area contributed by atoms with Crippen molar-refractivity contribution >= 4 is 43.3 Å². The predicted octanol–water partition coefficient (Wildman–Crippen LogP) is 3.32. The summed E-state index contributed by atoms with van der Waals surface area (Å²) >= 11 is 6.15. The maximum absolute atomic E-state index is 11.6. The van der Waals surface area contributed by atoms with Gasteiger partial charge in [0.1, 0.15) is 0 Å². The van der Waals surface area contributed by atoms with Crippen LogP contribution in [-0.2, 0) is 0 Å². The minimum Gasteiger partial charge on any atom is -0.293 e. The monoisotopic (exact) mass is 335 g/mol. The number of rotatable bonds is 3. The van der Waals surface area contributed by atoms with Crippen molar-refractivity contribution in [1.82, 2.24) is 0 Å². The highest BCUT2D eigenvalue weighted by molar-refractivity contribution is 9.10. The number of carbonyl (C=O) groups is 1. The third-order valence-corrected chi connectivity index (χ3v) is 2.85. The zero-order valence-electron chi connectivity index (χ0n) is 7.74. The number of nitro groups is 1. The molecule has 6 heteroatoms. The smallest absolute Gasteiger partial charge is 0.293 e. The topological polar surface area (TPSA) is 60.2 Å². The summed E-state index contributed by atoms with van der Waals surface area (Å²) in [5.74, 6) is -0.303. The van der Waals surface area contributed by atoms with Gasteiger partial charge in [0.05, 0.1) is 19.8 Å². The third kappa shape index (κ3) is 2.63. The molecule has 0 aliphatic carbocycles. The zero-order valence-corrected chi connectivity index (χ0v) is 10.9. The maximum atomic E-state index is 11.6. The van der Waals surface area contributed by atoms with E-state index >= 15 is 0 Å². The van der Waals surface area contributed by atoms with Gasteiger partial charge in [0.25, 0.3) is 5.69 Å². The van der Waals surface area contributed by atoms with Crippen molar-refractivity contribution in [2.45, 2.75) is 11.8 Å². The van der Waals surface area contributed by atoms with Crippen LogP contribution in [0.3, 0.4) is 0 Å². The largest absolute Gasteiger partial charge is 0.294 e. The molecule has 0 aliphatic heterocycles. The number of nitrogens with zero attached hydrogens (tertiary/aromatic N) is 1. The molecule has 0 radical (unpaired) electrons. The summed E-state index contributed by atoms with van der Waals surface area (Å²) in [5, 5.41) is 10.8. The van der Waals surface area contributed by atoms with Gasteiger partial charge in [-0.3, -0.25) is 14.9 Å². The van der Waals surface area contributed by atoms with Crippen molar-refractivity contribution in [3.8, 4) is 0 Å². The standard InChI is InChI=1S/C9H7Br2NO3/c1-5(10)9(13)6-3-2-4-7(11)8(6)12(14)15/h2-5H,1H3. The average Bonchev–Trinajstić information content (AvgIpc) is 2.15. The molecule has 1 unspecified atom stereocenters. The van der Waals surface area contributed by atoms with Crippen LogP contribution in [0.4, 0.5) is 5.69 Å². The molecule has 0 aromatic heterocycles. The maximum Gasteiger partial charge on any atom is 0.294 e.